The van der Waals surface area contributed by atoms with Crippen LogP contribution in [0.1, 0.15) is 21.5 Å². The van der Waals surface area contributed by atoms with Crippen molar-refractivity contribution in [3.8, 4) is 0 Å². The smallest absolute Gasteiger partial charge is 0.322 e. The maximum Gasteiger partial charge on any atom is 0.416 e. The van der Waals surface area contributed by atoms with Gasteiger partial charge in [0.1, 0.15) is 0 Å². The van der Waals surface area contributed by atoms with Gasteiger partial charge in [0.15, 0.2) is 0 Å². The van der Waals surface area contributed by atoms with Gasteiger partial charge in [0, 0.05) is 16.9 Å². The molecule has 5 nitrogen and oxygen atoms in total. The lowest BCUT2D eigenvalue weighted by atomic mass is 10.1. The van der Waals surface area contributed by atoms with Gasteiger partial charge in [-0.15, -0.1) is 0 Å². The third-order valence-electron chi connectivity index (χ3n) is 4.14. The molecule has 0 unspecified atom stereocenters. The van der Waals surface area contributed by atoms with Gasteiger partial charge in [-0.3, -0.25) is 9.52 Å². The highest BCUT2D eigenvalue weighted by molar-refractivity contribution is 7.92. The number of nitrogens with one attached hydrogen (secondary N) is 2. The first kappa shape index (κ1) is 21.4. The fourth-order valence-corrected chi connectivity index (χ4v) is 3.73. The van der Waals surface area contributed by atoms with E-state index in [-0.39, 0.29) is 16.5 Å². The number of halogens is 3. The van der Waals surface area contributed by atoms with Crippen molar-refractivity contribution < 1.29 is 26.4 Å². The van der Waals surface area contributed by atoms with Crippen LogP contribution < -0.4 is 10.0 Å². The van der Waals surface area contributed by atoms with Gasteiger partial charge in [-0.2, -0.15) is 13.2 Å². The van der Waals surface area contributed by atoms with Gasteiger partial charge >= 0.3 is 6.18 Å². The lowest BCUT2D eigenvalue weighted by molar-refractivity contribution is -0.137. The number of anilines is 2. The van der Waals surface area contributed by atoms with Crippen LogP contribution in [0.2, 0.25) is 0 Å². The van der Waals surface area contributed by atoms with Crippen molar-refractivity contribution in [3.63, 3.8) is 0 Å². The second-order valence-corrected chi connectivity index (χ2v) is 8.21. The Morgan fingerprint density at radius 2 is 1.53 bits per heavy atom. The normalized spacial score (nSPS) is 11.7. The van der Waals surface area contributed by atoms with Crippen molar-refractivity contribution in [2.24, 2.45) is 0 Å². The minimum atomic E-state index is -4.58. The topological polar surface area (TPSA) is 75.3 Å². The molecule has 0 saturated heterocycles. The largest absolute Gasteiger partial charge is 0.416 e. The summed E-state index contributed by atoms with van der Waals surface area (Å²) in [6, 6.07) is 16.2. The number of hydrogen-bond donors (Lipinski definition) is 2. The Kier molecular flexibility index (Phi) is 5.84. The third kappa shape index (κ3) is 5.18. The van der Waals surface area contributed by atoms with Crippen LogP contribution in [0.5, 0.6) is 0 Å². The Morgan fingerprint density at radius 1 is 0.867 bits per heavy atom. The number of sulfonamides is 1. The number of benzene rings is 3. The van der Waals surface area contributed by atoms with Gasteiger partial charge in [-0.1, -0.05) is 23.8 Å². The molecule has 9 heteroatoms. The third-order valence-corrected chi connectivity index (χ3v) is 5.54. The predicted molar refractivity (Wildman–Crippen MR) is 108 cm³/mol. The summed E-state index contributed by atoms with van der Waals surface area (Å²) in [7, 11) is -4.11. The van der Waals surface area contributed by atoms with Gasteiger partial charge in [-0.25, -0.2) is 8.42 Å². The fraction of sp³-hybridized carbons (Fsp3) is 0.0952. The molecule has 0 radical (unpaired) electrons. The molecule has 1 amide bonds. The Morgan fingerprint density at radius 3 is 2.17 bits per heavy atom. The Hall–Kier alpha value is -3.33. The number of carbonyl (C=O) groups excluding carboxylic acids is 1. The fourth-order valence-electron chi connectivity index (χ4n) is 2.68. The number of rotatable bonds is 5. The summed E-state index contributed by atoms with van der Waals surface area (Å²) < 4.78 is 65.5. The van der Waals surface area contributed by atoms with Crippen LogP contribution in [-0.2, 0) is 16.2 Å². The lowest BCUT2D eigenvalue weighted by Crippen LogP contribution is -2.15. The quantitative estimate of drug-likeness (QED) is 0.589. The van der Waals surface area contributed by atoms with Crippen LogP contribution in [0.25, 0.3) is 0 Å². The Labute approximate surface area is 171 Å². The molecule has 3 aromatic carbocycles. The van der Waals surface area contributed by atoms with Crippen LogP contribution in [0.4, 0.5) is 24.5 Å². The molecule has 0 spiro atoms. The first-order chi connectivity index (χ1) is 14.0. The van der Waals surface area contributed by atoms with Crippen LogP contribution >= 0.6 is 0 Å². The van der Waals surface area contributed by atoms with E-state index in [0.717, 1.165) is 17.7 Å². The van der Waals surface area contributed by atoms with Crippen molar-refractivity contribution in [2.45, 2.75) is 18.0 Å². The minimum absolute atomic E-state index is 0.159. The van der Waals surface area contributed by atoms with E-state index >= 15 is 0 Å². The average Bonchev–Trinajstić information content (AvgIpc) is 2.67. The molecule has 3 rings (SSSR count). The van der Waals surface area contributed by atoms with Crippen molar-refractivity contribution >= 4 is 27.3 Å². The molecule has 0 aliphatic heterocycles. The molecule has 0 fully saturated rings. The molecule has 30 heavy (non-hydrogen) atoms. The minimum Gasteiger partial charge on any atom is -0.322 e. The number of aryl methyl sites for hydroxylation is 1. The summed E-state index contributed by atoms with van der Waals surface area (Å²) in [5, 5.41) is 2.66. The molecule has 3 aromatic rings. The number of amides is 1. The van der Waals surface area contributed by atoms with E-state index in [9.17, 15) is 26.4 Å². The van der Waals surface area contributed by atoms with E-state index in [2.05, 4.69) is 10.0 Å². The predicted octanol–water partition coefficient (Wildman–Crippen LogP) is 5.07. The van der Waals surface area contributed by atoms with Crippen molar-refractivity contribution in [1.29, 1.82) is 0 Å². The SMILES string of the molecule is Cc1cccc(C(=O)Nc2ccc(S(=O)(=O)Nc3cccc(C(F)(F)F)c3)cc2)c1. The van der Waals surface area contributed by atoms with Gasteiger partial charge in [0.2, 0.25) is 0 Å². The Balaban J connectivity index is 1.74. The number of carbonyl (C=O) groups is 1. The van der Waals surface area contributed by atoms with Crippen molar-refractivity contribution in [2.75, 3.05) is 10.0 Å². The second kappa shape index (κ2) is 8.19. The highest BCUT2D eigenvalue weighted by atomic mass is 32.2. The van der Waals surface area contributed by atoms with E-state index in [1.165, 1.54) is 30.3 Å². The van der Waals surface area contributed by atoms with E-state index < -0.39 is 21.8 Å². The maximum absolute atomic E-state index is 12.8. The number of alkyl halides is 3. The summed E-state index contributed by atoms with van der Waals surface area (Å²) in [5.74, 6) is -0.351. The molecule has 0 aromatic heterocycles. The molecule has 0 saturated carbocycles. The van der Waals surface area contributed by atoms with Gasteiger partial charge < -0.3 is 5.32 Å². The molecule has 2 N–H and O–H groups in total. The van der Waals surface area contributed by atoms with Gasteiger partial charge in [-0.05, 0) is 61.5 Å². The molecule has 0 atom stereocenters. The van der Waals surface area contributed by atoms with Crippen molar-refractivity contribution in [3.05, 3.63) is 89.5 Å². The van der Waals surface area contributed by atoms with Crippen LogP contribution in [-0.4, -0.2) is 14.3 Å². The zero-order valence-electron chi connectivity index (χ0n) is 15.7. The first-order valence-electron chi connectivity index (χ1n) is 8.73. The second-order valence-electron chi connectivity index (χ2n) is 6.53. The van der Waals surface area contributed by atoms with Crippen LogP contribution in [0.15, 0.2) is 77.7 Å². The number of hydrogen-bond acceptors (Lipinski definition) is 3. The average molecular weight is 434 g/mol. The van der Waals surface area contributed by atoms with Gasteiger partial charge in [0.25, 0.3) is 15.9 Å². The van der Waals surface area contributed by atoms with Crippen LogP contribution in [0, 0.1) is 6.92 Å². The monoisotopic (exact) mass is 434 g/mol. The summed E-state index contributed by atoms with van der Waals surface area (Å²) in [6.07, 6.45) is -4.58. The molecule has 0 heterocycles. The molecule has 0 bridgehead atoms. The molecule has 0 aliphatic carbocycles. The summed E-state index contributed by atoms with van der Waals surface area (Å²) in [6.45, 7) is 1.85. The lowest BCUT2D eigenvalue weighted by Gasteiger charge is -2.12. The molecular formula is C21H17F3N2O3S. The van der Waals surface area contributed by atoms with E-state index in [4.69, 9.17) is 0 Å². The zero-order valence-corrected chi connectivity index (χ0v) is 16.5. The van der Waals surface area contributed by atoms with E-state index in [1.807, 2.05) is 13.0 Å². The maximum atomic E-state index is 12.8. The molecule has 0 aliphatic rings. The molecular weight excluding hydrogens is 417 g/mol. The summed E-state index contributed by atoms with van der Waals surface area (Å²) in [5.41, 5.74) is 0.584. The van der Waals surface area contributed by atoms with Gasteiger partial charge in [0.05, 0.1) is 10.5 Å². The highest BCUT2D eigenvalue weighted by Gasteiger charge is 2.30. The summed E-state index contributed by atoms with van der Waals surface area (Å²) >= 11 is 0. The van der Waals surface area contributed by atoms with E-state index in [0.29, 0.717) is 17.3 Å². The highest BCUT2D eigenvalue weighted by Crippen LogP contribution is 2.31. The van der Waals surface area contributed by atoms with E-state index in [1.54, 1.807) is 18.2 Å². The van der Waals surface area contributed by atoms with Crippen molar-refractivity contribution in [1.82, 2.24) is 0 Å². The standard InChI is InChI=1S/C21H17F3N2O3S/c1-14-4-2-5-15(12-14)20(27)25-17-8-10-19(11-9-17)30(28,29)26-18-7-3-6-16(13-18)21(22,23)24/h2-13,26H,1H3,(H,25,27). The molecule has 156 valence electrons. The summed E-state index contributed by atoms with van der Waals surface area (Å²) in [4.78, 5) is 12.1. The zero-order chi connectivity index (χ0) is 21.9. The first-order valence-corrected chi connectivity index (χ1v) is 10.2. The Bertz CT molecular complexity index is 1170. The van der Waals surface area contributed by atoms with Crippen LogP contribution in [0.3, 0.4) is 0 Å².